The Hall–Kier alpha value is -0.570. The monoisotopic (exact) mass is 172 g/mol. The van der Waals surface area contributed by atoms with Crippen molar-refractivity contribution in [3.8, 4) is 0 Å². The van der Waals surface area contributed by atoms with Gasteiger partial charge in [-0.1, -0.05) is 13.8 Å². The Labute approximate surface area is 75.0 Å². The van der Waals surface area contributed by atoms with Crippen molar-refractivity contribution >= 4 is 5.84 Å². The predicted molar refractivity (Wildman–Crippen MR) is 52.5 cm³/mol. The van der Waals surface area contributed by atoms with Gasteiger partial charge in [-0.2, -0.15) is 0 Å². The van der Waals surface area contributed by atoms with Crippen molar-refractivity contribution in [3.63, 3.8) is 0 Å². The minimum absolute atomic E-state index is 0.741. The van der Waals surface area contributed by atoms with E-state index in [0.717, 1.165) is 44.9 Å². The molecule has 72 valence electrons. The third kappa shape index (κ3) is 7.54. The molecule has 0 aliphatic rings. The Morgan fingerprint density at radius 2 is 2.08 bits per heavy atom. The van der Waals surface area contributed by atoms with E-state index in [9.17, 15) is 0 Å². The van der Waals surface area contributed by atoms with Crippen molar-refractivity contribution in [1.29, 1.82) is 0 Å². The molecule has 0 amide bonds. The van der Waals surface area contributed by atoms with Crippen LogP contribution in [-0.2, 0) is 4.74 Å². The number of rotatable bonds is 7. The smallest absolute Gasteiger partial charge is 0.0934 e. The van der Waals surface area contributed by atoms with Crippen LogP contribution in [0.1, 0.15) is 33.1 Å². The number of aliphatic imine (C=N–C) groups is 1. The molecule has 3 nitrogen and oxygen atoms in total. The van der Waals surface area contributed by atoms with Gasteiger partial charge in [-0.05, 0) is 12.8 Å². The van der Waals surface area contributed by atoms with E-state index >= 15 is 0 Å². The van der Waals surface area contributed by atoms with Gasteiger partial charge in [-0.3, -0.25) is 4.99 Å². The van der Waals surface area contributed by atoms with E-state index < -0.39 is 0 Å². The molecule has 2 N–H and O–H groups in total. The highest BCUT2D eigenvalue weighted by Gasteiger charge is 1.88. The Kier molecular flexibility index (Phi) is 8.12. The van der Waals surface area contributed by atoms with Crippen molar-refractivity contribution in [2.24, 2.45) is 10.7 Å². The van der Waals surface area contributed by atoms with Crippen molar-refractivity contribution in [2.75, 3.05) is 19.8 Å². The van der Waals surface area contributed by atoms with Gasteiger partial charge in [-0.25, -0.2) is 0 Å². The summed E-state index contributed by atoms with van der Waals surface area (Å²) in [4.78, 5) is 4.15. The number of amidine groups is 1. The van der Waals surface area contributed by atoms with Crippen LogP contribution in [0.2, 0.25) is 0 Å². The van der Waals surface area contributed by atoms with Crippen LogP contribution in [0.4, 0.5) is 0 Å². The molecular formula is C9H20N2O. The summed E-state index contributed by atoms with van der Waals surface area (Å²) in [6, 6.07) is 0. The molecule has 0 saturated carbocycles. The van der Waals surface area contributed by atoms with Gasteiger partial charge < -0.3 is 10.5 Å². The molecule has 0 bridgehead atoms. The lowest BCUT2D eigenvalue weighted by atomic mass is 10.4. The predicted octanol–water partition coefficient (Wildman–Crippen LogP) is 1.57. The summed E-state index contributed by atoms with van der Waals surface area (Å²) >= 11 is 0. The maximum Gasteiger partial charge on any atom is 0.0934 e. The molecule has 0 aliphatic heterocycles. The highest BCUT2D eigenvalue weighted by atomic mass is 16.5. The van der Waals surface area contributed by atoms with Gasteiger partial charge in [0.05, 0.1) is 5.84 Å². The first kappa shape index (κ1) is 11.4. The molecule has 12 heavy (non-hydrogen) atoms. The Morgan fingerprint density at radius 1 is 1.33 bits per heavy atom. The lowest BCUT2D eigenvalue weighted by Crippen LogP contribution is -2.10. The van der Waals surface area contributed by atoms with Crippen LogP contribution in [-0.4, -0.2) is 25.6 Å². The van der Waals surface area contributed by atoms with Gasteiger partial charge in [0.15, 0.2) is 0 Å². The van der Waals surface area contributed by atoms with Gasteiger partial charge in [0, 0.05) is 26.2 Å². The minimum Gasteiger partial charge on any atom is -0.387 e. The number of nitrogens with two attached hydrogens (primary N) is 1. The molecule has 0 aromatic carbocycles. The van der Waals surface area contributed by atoms with E-state index in [1.54, 1.807) is 0 Å². The summed E-state index contributed by atoms with van der Waals surface area (Å²) in [6.07, 6.45) is 2.90. The summed E-state index contributed by atoms with van der Waals surface area (Å²) in [5.41, 5.74) is 5.52. The van der Waals surface area contributed by atoms with E-state index in [1.165, 1.54) is 0 Å². The lowest BCUT2D eigenvalue weighted by molar-refractivity contribution is 0.134. The lowest BCUT2D eigenvalue weighted by Gasteiger charge is -2.00. The maximum absolute atomic E-state index is 5.52. The maximum atomic E-state index is 5.52. The fourth-order valence-electron chi connectivity index (χ4n) is 0.747. The van der Waals surface area contributed by atoms with E-state index in [1.807, 2.05) is 6.92 Å². The van der Waals surface area contributed by atoms with E-state index in [2.05, 4.69) is 11.9 Å². The molecule has 0 radical (unpaired) electrons. The van der Waals surface area contributed by atoms with Gasteiger partial charge in [-0.15, -0.1) is 0 Å². The molecule has 0 aromatic heterocycles. The third-order valence-corrected chi connectivity index (χ3v) is 1.47. The topological polar surface area (TPSA) is 47.6 Å². The zero-order chi connectivity index (χ0) is 9.23. The first-order chi connectivity index (χ1) is 5.81. The van der Waals surface area contributed by atoms with Crippen LogP contribution in [0.15, 0.2) is 4.99 Å². The average molecular weight is 172 g/mol. The van der Waals surface area contributed by atoms with Gasteiger partial charge in [0.1, 0.15) is 0 Å². The number of nitrogens with zero attached hydrogens (tertiary/aromatic N) is 1. The van der Waals surface area contributed by atoms with Crippen LogP contribution >= 0.6 is 0 Å². The normalized spacial score (nSPS) is 12.0. The van der Waals surface area contributed by atoms with Crippen LogP contribution in [0, 0.1) is 0 Å². The molecule has 0 fully saturated rings. The summed E-state index contributed by atoms with van der Waals surface area (Å²) in [5, 5.41) is 0. The summed E-state index contributed by atoms with van der Waals surface area (Å²) < 4.78 is 5.29. The zero-order valence-electron chi connectivity index (χ0n) is 8.18. The van der Waals surface area contributed by atoms with Crippen molar-refractivity contribution < 1.29 is 4.74 Å². The van der Waals surface area contributed by atoms with E-state index in [0.29, 0.717) is 0 Å². The summed E-state index contributed by atoms with van der Waals surface area (Å²) in [6.45, 7) is 6.56. The highest BCUT2D eigenvalue weighted by molar-refractivity contribution is 5.79. The van der Waals surface area contributed by atoms with Crippen LogP contribution in [0.5, 0.6) is 0 Å². The number of hydrogen-bond acceptors (Lipinski definition) is 2. The molecule has 3 heteroatoms. The Balaban J connectivity index is 3.10. The number of hydrogen-bond donors (Lipinski definition) is 1. The van der Waals surface area contributed by atoms with Crippen molar-refractivity contribution in [3.05, 3.63) is 0 Å². The number of ether oxygens (including phenoxy) is 1. The summed E-state index contributed by atoms with van der Waals surface area (Å²) in [7, 11) is 0. The fraction of sp³-hybridized carbons (Fsp3) is 0.889. The second-order valence-corrected chi connectivity index (χ2v) is 2.69. The molecular weight excluding hydrogens is 152 g/mol. The SMILES string of the molecule is CCCOCCCN=C(N)CC. The van der Waals surface area contributed by atoms with E-state index in [-0.39, 0.29) is 0 Å². The first-order valence-corrected chi connectivity index (χ1v) is 4.67. The molecule has 0 unspecified atom stereocenters. The summed E-state index contributed by atoms with van der Waals surface area (Å²) in [5.74, 6) is 0.741. The first-order valence-electron chi connectivity index (χ1n) is 4.67. The Morgan fingerprint density at radius 3 is 2.67 bits per heavy atom. The van der Waals surface area contributed by atoms with Crippen LogP contribution < -0.4 is 5.73 Å². The average Bonchev–Trinajstić information content (AvgIpc) is 2.10. The second-order valence-electron chi connectivity index (χ2n) is 2.69. The minimum atomic E-state index is 0.741. The highest BCUT2D eigenvalue weighted by Crippen LogP contribution is 1.87. The molecule has 0 aromatic rings. The van der Waals surface area contributed by atoms with Crippen LogP contribution in [0.3, 0.4) is 0 Å². The molecule has 0 spiro atoms. The largest absolute Gasteiger partial charge is 0.387 e. The van der Waals surface area contributed by atoms with Crippen molar-refractivity contribution in [1.82, 2.24) is 0 Å². The fourth-order valence-corrected chi connectivity index (χ4v) is 0.747. The van der Waals surface area contributed by atoms with Crippen LogP contribution in [0.25, 0.3) is 0 Å². The standard InChI is InChI=1S/C9H20N2O/c1-3-7-12-8-5-6-11-9(10)4-2/h3-8H2,1-2H3,(H2,10,11). The molecule has 0 atom stereocenters. The van der Waals surface area contributed by atoms with Crippen molar-refractivity contribution in [2.45, 2.75) is 33.1 Å². The quantitative estimate of drug-likeness (QED) is 0.360. The second kappa shape index (κ2) is 8.53. The van der Waals surface area contributed by atoms with Gasteiger partial charge in [0.2, 0.25) is 0 Å². The molecule has 0 aliphatic carbocycles. The molecule has 0 rings (SSSR count). The van der Waals surface area contributed by atoms with E-state index in [4.69, 9.17) is 10.5 Å². The molecule has 0 saturated heterocycles. The van der Waals surface area contributed by atoms with Gasteiger partial charge >= 0.3 is 0 Å². The zero-order valence-corrected chi connectivity index (χ0v) is 8.18. The Bertz CT molecular complexity index is 124. The van der Waals surface area contributed by atoms with Gasteiger partial charge in [0.25, 0.3) is 0 Å². The molecule has 0 heterocycles. The third-order valence-electron chi connectivity index (χ3n) is 1.47.